The van der Waals surface area contributed by atoms with Crippen LogP contribution in [-0.4, -0.2) is 24.3 Å². The van der Waals surface area contributed by atoms with Crippen LogP contribution in [0.2, 0.25) is 0 Å². The average Bonchev–Trinajstić information content (AvgIpc) is 2.29. The highest BCUT2D eigenvalue weighted by molar-refractivity contribution is 4.87. The Morgan fingerprint density at radius 2 is 2.12 bits per heavy atom. The summed E-state index contributed by atoms with van der Waals surface area (Å²) in [4.78, 5) is 0. The van der Waals surface area contributed by atoms with Gasteiger partial charge in [-0.3, -0.25) is 0 Å². The van der Waals surface area contributed by atoms with E-state index in [2.05, 4.69) is 33.0 Å². The molecule has 2 nitrogen and oxygen atoms in total. The second-order valence-corrected chi connectivity index (χ2v) is 5.40. The Morgan fingerprint density at radius 3 is 2.69 bits per heavy atom. The number of hydrogen-bond acceptors (Lipinski definition) is 2. The first-order valence-corrected chi connectivity index (χ1v) is 7.03. The molecule has 1 fully saturated rings. The summed E-state index contributed by atoms with van der Waals surface area (Å²) >= 11 is 0. The molecule has 0 aliphatic carbocycles. The lowest BCUT2D eigenvalue weighted by Gasteiger charge is -2.39. The van der Waals surface area contributed by atoms with Crippen LogP contribution in [0.5, 0.6) is 0 Å². The largest absolute Gasteiger partial charge is 0.375 e. The summed E-state index contributed by atoms with van der Waals surface area (Å²) in [6, 6.07) is 1.37. The van der Waals surface area contributed by atoms with Gasteiger partial charge in [0.15, 0.2) is 0 Å². The molecule has 0 radical (unpaired) electrons. The van der Waals surface area contributed by atoms with Gasteiger partial charge in [-0.2, -0.15) is 0 Å². The van der Waals surface area contributed by atoms with E-state index in [-0.39, 0.29) is 5.60 Å². The molecule has 0 aromatic heterocycles. The van der Waals surface area contributed by atoms with E-state index < -0.39 is 0 Å². The Kier molecular flexibility index (Phi) is 5.77. The van der Waals surface area contributed by atoms with E-state index in [0.29, 0.717) is 12.1 Å². The molecular formula is C14H29NO. The van der Waals surface area contributed by atoms with Gasteiger partial charge >= 0.3 is 0 Å². The molecule has 2 heteroatoms. The van der Waals surface area contributed by atoms with Gasteiger partial charge < -0.3 is 10.1 Å². The van der Waals surface area contributed by atoms with Gasteiger partial charge in [0.05, 0.1) is 5.60 Å². The molecular weight excluding hydrogens is 198 g/mol. The van der Waals surface area contributed by atoms with Crippen molar-refractivity contribution in [3.8, 4) is 0 Å². The highest BCUT2D eigenvalue weighted by Gasteiger charge is 2.32. The van der Waals surface area contributed by atoms with Crippen molar-refractivity contribution in [3.63, 3.8) is 0 Å². The Hall–Kier alpha value is -0.0800. The summed E-state index contributed by atoms with van der Waals surface area (Å²) < 4.78 is 5.88. The van der Waals surface area contributed by atoms with Crippen LogP contribution < -0.4 is 5.32 Å². The number of hydrogen-bond donors (Lipinski definition) is 1. The van der Waals surface area contributed by atoms with Crippen molar-refractivity contribution >= 4 is 0 Å². The zero-order valence-corrected chi connectivity index (χ0v) is 11.5. The maximum Gasteiger partial charge on any atom is 0.0666 e. The first-order valence-electron chi connectivity index (χ1n) is 7.03. The third-order valence-corrected chi connectivity index (χ3v) is 3.94. The molecule has 1 saturated heterocycles. The summed E-state index contributed by atoms with van der Waals surface area (Å²) in [6.07, 6.45) is 7.29. The molecule has 3 atom stereocenters. The molecule has 1 heterocycles. The van der Waals surface area contributed by atoms with E-state index in [1.54, 1.807) is 0 Å². The molecule has 0 amide bonds. The zero-order chi connectivity index (χ0) is 12.0. The molecule has 1 N–H and O–H groups in total. The van der Waals surface area contributed by atoms with E-state index >= 15 is 0 Å². The van der Waals surface area contributed by atoms with Crippen LogP contribution in [0.4, 0.5) is 0 Å². The van der Waals surface area contributed by atoms with E-state index in [1.165, 1.54) is 32.1 Å². The first-order chi connectivity index (χ1) is 7.63. The molecule has 16 heavy (non-hydrogen) atoms. The summed E-state index contributed by atoms with van der Waals surface area (Å²) in [5.74, 6) is 0. The van der Waals surface area contributed by atoms with Crippen LogP contribution in [0.25, 0.3) is 0 Å². The topological polar surface area (TPSA) is 21.3 Å². The van der Waals surface area contributed by atoms with Crippen LogP contribution in [-0.2, 0) is 4.74 Å². The minimum atomic E-state index is 0.112. The molecule has 96 valence electrons. The van der Waals surface area contributed by atoms with Crippen LogP contribution in [0.15, 0.2) is 0 Å². The van der Waals surface area contributed by atoms with Crippen molar-refractivity contribution in [2.45, 2.75) is 83.9 Å². The lowest BCUT2D eigenvalue weighted by atomic mass is 9.89. The fraction of sp³-hybridized carbons (Fsp3) is 1.00. The minimum Gasteiger partial charge on any atom is -0.375 e. The molecule has 0 saturated carbocycles. The summed E-state index contributed by atoms with van der Waals surface area (Å²) in [6.45, 7) is 9.95. The number of nitrogens with one attached hydrogen (secondary N) is 1. The SMILES string of the molecule is CCCC(CC)NC1CCOC(C)(CC)C1. The van der Waals surface area contributed by atoms with Crippen molar-refractivity contribution < 1.29 is 4.74 Å². The van der Waals surface area contributed by atoms with Crippen molar-refractivity contribution in [2.75, 3.05) is 6.61 Å². The second-order valence-electron chi connectivity index (χ2n) is 5.40. The van der Waals surface area contributed by atoms with Crippen molar-refractivity contribution in [1.82, 2.24) is 5.32 Å². The predicted molar refractivity (Wildman–Crippen MR) is 69.8 cm³/mol. The summed E-state index contributed by atoms with van der Waals surface area (Å²) in [7, 11) is 0. The summed E-state index contributed by atoms with van der Waals surface area (Å²) in [5.41, 5.74) is 0.112. The van der Waals surface area contributed by atoms with E-state index in [1.807, 2.05) is 0 Å². The fourth-order valence-corrected chi connectivity index (χ4v) is 2.61. The number of rotatable bonds is 6. The molecule has 0 aromatic rings. The zero-order valence-electron chi connectivity index (χ0n) is 11.5. The summed E-state index contributed by atoms with van der Waals surface area (Å²) in [5, 5.41) is 3.82. The molecule has 1 rings (SSSR count). The second kappa shape index (κ2) is 6.61. The third kappa shape index (κ3) is 4.06. The van der Waals surface area contributed by atoms with Crippen molar-refractivity contribution in [1.29, 1.82) is 0 Å². The van der Waals surface area contributed by atoms with Gasteiger partial charge in [-0.15, -0.1) is 0 Å². The van der Waals surface area contributed by atoms with Crippen molar-refractivity contribution in [3.05, 3.63) is 0 Å². The van der Waals surface area contributed by atoms with Gasteiger partial charge in [0.25, 0.3) is 0 Å². The monoisotopic (exact) mass is 227 g/mol. The van der Waals surface area contributed by atoms with E-state index in [9.17, 15) is 0 Å². The smallest absolute Gasteiger partial charge is 0.0666 e. The Balaban J connectivity index is 2.41. The highest BCUT2D eigenvalue weighted by Crippen LogP contribution is 2.28. The molecule has 0 spiro atoms. The van der Waals surface area contributed by atoms with Gasteiger partial charge in [-0.05, 0) is 39.0 Å². The van der Waals surface area contributed by atoms with Crippen LogP contribution in [0.1, 0.15) is 66.2 Å². The normalized spacial score (nSPS) is 32.6. The standard InChI is InChI=1S/C14H29NO/c1-5-8-12(6-2)15-13-9-10-16-14(4,7-3)11-13/h12-13,15H,5-11H2,1-4H3. The Labute approximate surface area is 101 Å². The lowest BCUT2D eigenvalue weighted by Crippen LogP contribution is -2.48. The highest BCUT2D eigenvalue weighted by atomic mass is 16.5. The predicted octanol–water partition coefficient (Wildman–Crippen LogP) is 3.50. The number of ether oxygens (including phenoxy) is 1. The molecule has 3 unspecified atom stereocenters. The molecule has 0 bridgehead atoms. The van der Waals surface area contributed by atoms with Crippen LogP contribution in [0.3, 0.4) is 0 Å². The van der Waals surface area contributed by atoms with Crippen LogP contribution >= 0.6 is 0 Å². The maximum atomic E-state index is 5.88. The average molecular weight is 227 g/mol. The first kappa shape index (κ1) is 14.0. The molecule has 0 aromatic carbocycles. The Bertz CT molecular complexity index is 195. The molecule has 1 aliphatic rings. The minimum absolute atomic E-state index is 0.112. The Morgan fingerprint density at radius 1 is 1.38 bits per heavy atom. The third-order valence-electron chi connectivity index (χ3n) is 3.94. The van der Waals surface area contributed by atoms with E-state index in [4.69, 9.17) is 4.74 Å². The lowest BCUT2D eigenvalue weighted by molar-refractivity contribution is -0.0792. The van der Waals surface area contributed by atoms with Gasteiger partial charge in [0.1, 0.15) is 0 Å². The van der Waals surface area contributed by atoms with Gasteiger partial charge in [0, 0.05) is 18.7 Å². The van der Waals surface area contributed by atoms with Crippen molar-refractivity contribution in [2.24, 2.45) is 0 Å². The van der Waals surface area contributed by atoms with E-state index in [0.717, 1.165) is 13.0 Å². The van der Waals surface area contributed by atoms with Gasteiger partial charge in [0.2, 0.25) is 0 Å². The fourth-order valence-electron chi connectivity index (χ4n) is 2.61. The quantitative estimate of drug-likeness (QED) is 0.750. The molecule has 1 aliphatic heterocycles. The maximum absolute atomic E-state index is 5.88. The van der Waals surface area contributed by atoms with Crippen LogP contribution in [0, 0.1) is 0 Å². The van der Waals surface area contributed by atoms with Gasteiger partial charge in [-0.1, -0.05) is 27.2 Å². The van der Waals surface area contributed by atoms with Gasteiger partial charge in [-0.25, -0.2) is 0 Å².